The lowest BCUT2D eigenvalue weighted by molar-refractivity contribution is 0.0364. The summed E-state index contributed by atoms with van der Waals surface area (Å²) in [7, 11) is 2.04. The molecule has 4 heterocycles. The first kappa shape index (κ1) is 18.3. The van der Waals surface area contributed by atoms with Gasteiger partial charge in [-0.2, -0.15) is 5.10 Å². The van der Waals surface area contributed by atoms with Gasteiger partial charge < -0.3 is 10.0 Å². The first-order chi connectivity index (χ1) is 13.9. The summed E-state index contributed by atoms with van der Waals surface area (Å²) in [6.45, 7) is 2.27. The smallest absolute Gasteiger partial charge is 0.282 e. The number of likely N-dealkylation sites (N-methyl/N-ethyl adjacent to an activating group) is 1. The summed E-state index contributed by atoms with van der Waals surface area (Å²) >= 11 is 0. The minimum Gasteiger partial charge on any atom is -0.388 e. The highest BCUT2D eigenvalue weighted by molar-refractivity contribution is 5.62. The number of imidazole rings is 1. The number of nitrogens with zero attached hydrogens (tertiary/aromatic N) is 7. The molecule has 29 heavy (non-hydrogen) atoms. The normalized spacial score (nSPS) is 21.8. The Labute approximate surface area is 165 Å². The quantitative estimate of drug-likeness (QED) is 0.713. The van der Waals surface area contributed by atoms with Crippen molar-refractivity contribution in [2.45, 2.75) is 30.9 Å². The van der Waals surface area contributed by atoms with Gasteiger partial charge in [0, 0.05) is 25.7 Å². The van der Waals surface area contributed by atoms with Crippen LogP contribution in [0.4, 0.5) is 14.6 Å². The van der Waals surface area contributed by atoms with Gasteiger partial charge in [0.2, 0.25) is 0 Å². The summed E-state index contributed by atoms with van der Waals surface area (Å²) in [5.41, 5.74) is 0.631. The number of anilines is 1. The highest BCUT2D eigenvalue weighted by Crippen LogP contribution is 2.42. The maximum absolute atomic E-state index is 13.1. The predicted molar refractivity (Wildman–Crippen MR) is 102 cm³/mol. The predicted octanol–water partition coefficient (Wildman–Crippen LogP) is 1.77. The lowest BCUT2D eigenvalue weighted by Crippen LogP contribution is -2.57. The van der Waals surface area contributed by atoms with Gasteiger partial charge >= 0.3 is 0 Å². The summed E-state index contributed by atoms with van der Waals surface area (Å²) in [6, 6.07) is 4.66. The summed E-state index contributed by atoms with van der Waals surface area (Å²) in [5, 5.41) is 14.6. The van der Waals surface area contributed by atoms with Crippen molar-refractivity contribution in [1.82, 2.24) is 29.5 Å². The average molecular weight is 401 g/mol. The molecule has 0 bridgehead atoms. The van der Waals surface area contributed by atoms with Crippen LogP contribution in [-0.4, -0.2) is 72.9 Å². The number of hydrogen-bond acceptors (Lipinski definition) is 7. The molecule has 0 amide bonds. The second-order valence-electron chi connectivity index (χ2n) is 7.78. The Bertz CT molecular complexity index is 1050. The van der Waals surface area contributed by atoms with E-state index in [9.17, 15) is 13.9 Å². The molecule has 1 saturated heterocycles. The summed E-state index contributed by atoms with van der Waals surface area (Å²) in [4.78, 5) is 17.3. The minimum atomic E-state index is -2.66. The molecule has 2 fully saturated rings. The van der Waals surface area contributed by atoms with E-state index in [1.165, 1.54) is 23.0 Å². The van der Waals surface area contributed by atoms with E-state index in [1.807, 2.05) is 13.1 Å². The van der Waals surface area contributed by atoms with Crippen LogP contribution in [0.1, 0.15) is 25.0 Å². The van der Waals surface area contributed by atoms with Crippen molar-refractivity contribution in [3.63, 3.8) is 0 Å². The van der Waals surface area contributed by atoms with E-state index in [0.717, 1.165) is 31.7 Å². The van der Waals surface area contributed by atoms with E-state index in [2.05, 4.69) is 29.9 Å². The lowest BCUT2D eigenvalue weighted by atomic mass is 10.0. The van der Waals surface area contributed by atoms with Crippen LogP contribution in [0.15, 0.2) is 30.7 Å². The monoisotopic (exact) mass is 401 g/mol. The van der Waals surface area contributed by atoms with E-state index in [0.29, 0.717) is 23.6 Å². The molecule has 1 saturated carbocycles. The van der Waals surface area contributed by atoms with Gasteiger partial charge in [0.1, 0.15) is 23.5 Å². The van der Waals surface area contributed by atoms with E-state index < -0.39 is 12.0 Å². The van der Waals surface area contributed by atoms with Crippen LogP contribution in [0, 0.1) is 0 Å². The number of hydrogen-bond donors (Lipinski definition) is 1. The van der Waals surface area contributed by atoms with Crippen molar-refractivity contribution < 1.29 is 13.9 Å². The van der Waals surface area contributed by atoms with Crippen LogP contribution >= 0.6 is 0 Å². The number of aliphatic hydroxyl groups is 1. The molecule has 0 radical (unpaired) electrons. The van der Waals surface area contributed by atoms with E-state index in [1.54, 1.807) is 6.20 Å². The zero-order valence-electron chi connectivity index (χ0n) is 15.9. The molecule has 1 atom stereocenters. The number of aromatic nitrogens is 5. The Morgan fingerprint density at radius 3 is 2.76 bits per heavy atom. The second kappa shape index (κ2) is 6.67. The third-order valence-electron chi connectivity index (χ3n) is 5.88. The Kier molecular flexibility index (Phi) is 4.21. The van der Waals surface area contributed by atoms with Gasteiger partial charge in [-0.1, -0.05) is 0 Å². The minimum absolute atomic E-state index is 0.0562. The molecule has 0 spiro atoms. The molecule has 3 aromatic heterocycles. The van der Waals surface area contributed by atoms with Gasteiger partial charge in [-0.05, 0) is 32.0 Å². The summed E-state index contributed by atoms with van der Waals surface area (Å²) < 4.78 is 27.5. The largest absolute Gasteiger partial charge is 0.388 e. The first-order valence-electron chi connectivity index (χ1n) is 9.57. The van der Waals surface area contributed by atoms with Crippen LogP contribution in [0.2, 0.25) is 0 Å². The maximum Gasteiger partial charge on any atom is 0.282 e. The standard InChI is InChI=1S/C19H21F2N7O/c1-26-6-7-27(10-15(26)19(29)4-5-19)17-8-13(23-11-24-17)14-9-22-16-3-2-12(18(20)21)25-28(14)16/h2-3,8-9,11,15,18,29H,4-7,10H2,1H3/t15-/m0/s1. The van der Waals surface area contributed by atoms with Crippen molar-refractivity contribution >= 4 is 11.5 Å². The molecule has 1 aliphatic carbocycles. The Hall–Kier alpha value is -2.72. The fourth-order valence-electron chi connectivity index (χ4n) is 3.96. The zero-order valence-corrected chi connectivity index (χ0v) is 15.9. The second-order valence-corrected chi connectivity index (χ2v) is 7.78. The number of halogens is 2. The SMILES string of the molecule is CN1CCN(c2cc(-c3cnc4ccc(C(F)F)nn34)ncn2)C[C@H]1C1(O)CC1. The van der Waals surface area contributed by atoms with Crippen molar-refractivity contribution in [1.29, 1.82) is 0 Å². The highest BCUT2D eigenvalue weighted by Gasteiger charge is 2.51. The number of rotatable bonds is 4. The van der Waals surface area contributed by atoms with Gasteiger partial charge in [0.05, 0.1) is 23.5 Å². The van der Waals surface area contributed by atoms with Crippen LogP contribution in [0.3, 0.4) is 0 Å². The van der Waals surface area contributed by atoms with E-state index in [-0.39, 0.29) is 11.7 Å². The summed E-state index contributed by atoms with van der Waals surface area (Å²) in [5.74, 6) is 0.734. The van der Waals surface area contributed by atoms with Crippen LogP contribution in [0.25, 0.3) is 17.0 Å². The molecule has 0 aromatic carbocycles. The number of fused-ring (bicyclic) bond motifs is 1. The summed E-state index contributed by atoms with van der Waals surface area (Å²) in [6.07, 6.45) is 2.02. The topological polar surface area (TPSA) is 82.7 Å². The number of alkyl halides is 2. The Morgan fingerprint density at radius 1 is 1.17 bits per heavy atom. The Morgan fingerprint density at radius 2 is 2.00 bits per heavy atom. The van der Waals surface area contributed by atoms with Gasteiger partial charge in [-0.15, -0.1) is 0 Å². The van der Waals surface area contributed by atoms with Crippen molar-refractivity contribution in [3.8, 4) is 11.4 Å². The zero-order chi connectivity index (χ0) is 20.2. The molecule has 0 unspecified atom stereocenters. The first-order valence-corrected chi connectivity index (χ1v) is 9.57. The molecule has 8 nitrogen and oxygen atoms in total. The van der Waals surface area contributed by atoms with Crippen LogP contribution in [-0.2, 0) is 0 Å². The molecule has 5 rings (SSSR count). The third-order valence-corrected chi connectivity index (χ3v) is 5.88. The van der Waals surface area contributed by atoms with Crippen molar-refractivity contribution in [2.75, 3.05) is 31.6 Å². The van der Waals surface area contributed by atoms with Crippen molar-refractivity contribution in [3.05, 3.63) is 36.4 Å². The molecule has 152 valence electrons. The van der Waals surface area contributed by atoms with Gasteiger partial charge in [-0.3, -0.25) is 4.90 Å². The van der Waals surface area contributed by atoms with Gasteiger partial charge in [0.25, 0.3) is 6.43 Å². The fourth-order valence-corrected chi connectivity index (χ4v) is 3.96. The van der Waals surface area contributed by atoms with Crippen LogP contribution in [0.5, 0.6) is 0 Å². The lowest BCUT2D eigenvalue weighted by Gasteiger charge is -2.42. The van der Waals surface area contributed by atoms with E-state index in [4.69, 9.17) is 0 Å². The third kappa shape index (κ3) is 3.22. The van der Waals surface area contributed by atoms with E-state index >= 15 is 0 Å². The molecule has 3 aromatic rings. The number of piperazine rings is 1. The molecular formula is C19H21F2N7O. The maximum atomic E-state index is 13.1. The average Bonchev–Trinajstić information content (AvgIpc) is 3.33. The highest BCUT2D eigenvalue weighted by atomic mass is 19.3. The molecular weight excluding hydrogens is 380 g/mol. The van der Waals surface area contributed by atoms with Gasteiger partial charge in [-0.25, -0.2) is 28.2 Å². The molecule has 10 heteroatoms. The Balaban J connectivity index is 1.47. The molecule has 1 aliphatic heterocycles. The molecule has 2 aliphatic rings. The van der Waals surface area contributed by atoms with Gasteiger partial charge in [0.15, 0.2) is 5.65 Å². The van der Waals surface area contributed by atoms with Crippen LogP contribution < -0.4 is 4.90 Å². The molecule has 1 N–H and O–H groups in total. The fraction of sp³-hybridized carbons (Fsp3) is 0.474. The van der Waals surface area contributed by atoms with Crippen molar-refractivity contribution in [2.24, 2.45) is 0 Å².